The maximum Gasteiger partial charge on any atom is 0.260 e. The number of ether oxygens (including phenoxy) is 1. The maximum absolute atomic E-state index is 13.4. The van der Waals surface area contributed by atoms with Crippen molar-refractivity contribution < 1.29 is 17.4 Å². The van der Waals surface area contributed by atoms with Gasteiger partial charge in [-0.3, -0.25) is 4.79 Å². The summed E-state index contributed by atoms with van der Waals surface area (Å²) in [5.74, 6) is -0.126. The van der Waals surface area contributed by atoms with Crippen LogP contribution in [0.2, 0.25) is 0 Å². The van der Waals surface area contributed by atoms with Crippen molar-refractivity contribution in [2.24, 2.45) is 0 Å². The standard InChI is InChI=1S/C29H25NO3/c1-33-25-18-16-24(17-19-25)30-29(32)27-26(22-12-6-3-7-13-22)20-15-23(28(27)31)14-8-11-21-9-4-2-5-10-21/h2-13,15-20,31H,14H2,1H3,(H,30,32)/b11-8+/i11D,14D. The van der Waals surface area contributed by atoms with Crippen molar-refractivity contribution in [1.82, 2.24) is 0 Å². The number of carbonyl (C=O) groups is 1. The van der Waals surface area contributed by atoms with Crippen molar-refractivity contribution in [3.63, 3.8) is 0 Å². The number of rotatable bonds is 7. The van der Waals surface area contributed by atoms with E-state index in [0.717, 1.165) is 5.56 Å². The van der Waals surface area contributed by atoms with Gasteiger partial charge in [0.25, 0.3) is 5.91 Å². The monoisotopic (exact) mass is 437 g/mol. The van der Waals surface area contributed by atoms with E-state index in [9.17, 15) is 9.90 Å². The smallest absolute Gasteiger partial charge is 0.260 e. The summed E-state index contributed by atoms with van der Waals surface area (Å²) in [6, 6.07) is 28.8. The van der Waals surface area contributed by atoms with Crippen molar-refractivity contribution in [3.8, 4) is 22.6 Å². The zero-order chi connectivity index (χ0) is 24.8. The Hall–Kier alpha value is -4.31. The Bertz CT molecular complexity index is 1340. The second-order valence-electron chi connectivity index (χ2n) is 7.32. The van der Waals surface area contributed by atoms with E-state index in [-0.39, 0.29) is 22.9 Å². The van der Waals surface area contributed by atoms with Gasteiger partial charge in [-0.15, -0.1) is 0 Å². The van der Waals surface area contributed by atoms with Gasteiger partial charge >= 0.3 is 0 Å². The highest BCUT2D eigenvalue weighted by Gasteiger charge is 2.20. The Labute approximate surface area is 196 Å². The highest BCUT2D eigenvalue weighted by Crippen LogP contribution is 2.34. The molecule has 0 fully saturated rings. The fourth-order valence-electron chi connectivity index (χ4n) is 3.46. The highest BCUT2D eigenvalue weighted by atomic mass is 16.5. The van der Waals surface area contributed by atoms with Gasteiger partial charge in [0.05, 0.1) is 14.0 Å². The SMILES string of the molecule is [2H]/C(=C\C([2H])c1ccc(-c2ccccc2)c(C(=O)Nc2ccc(OC)cc2)c1O)c1ccccc1. The number of hydrogen-bond acceptors (Lipinski definition) is 3. The molecule has 0 saturated carbocycles. The fourth-order valence-corrected chi connectivity index (χ4v) is 3.46. The number of phenols is 1. The summed E-state index contributed by atoms with van der Waals surface area (Å²) in [5.41, 5.74) is 2.83. The average Bonchev–Trinajstić information content (AvgIpc) is 2.89. The number of allylic oxidation sites excluding steroid dienone is 1. The number of anilines is 1. The number of benzene rings is 4. The number of methoxy groups -OCH3 is 1. The van der Waals surface area contributed by atoms with Crippen LogP contribution in [0, 0.1) is 0 Å². The molecule has 4 rings (SSSR count). The molecular formula is C29H25NO3. The number of hydrogen-bond donors (Lipinski definition) is 2. The largest absolute Gasteiger partial charge is 0.507 e. The molecule has 0 saturated heterocycles. The van der Waals surface area contributed by atoms with Crippen LogP contribution >= 0.6 is 0 Å². The number of aromatic hydroxyl groups is 1. The second kappa shape index (κ2) is 10.3. The Morgan fingerprint density at radius 3 is 2.30 bits per heavy atom. The molecule has 4 aromatic rings. The van der Waals surface area contributed by atoms with Crippen molar-refractivity contribution in [3.05, 3.63) is 120 Å². The van der Waals surface area contributed by atoms with E-state index in [1.807, 2.05) is 48.5 Å². The average molecular weight is 438 g/mol. The predicted molar refractivity (Wildman–Crippen MR) is 134 cm³/mol. The van der Waals surface area contributed by atoms with Gasteiger partial charge in [-0.2, -0.15) is 0 Å². The minimum absolute atomic E-state index is 0.0707. The molecule has 0 heterocycles. The number of phenolic OH excluding ortho intramolecular Hbond substituents is 1. The maximum atomic E-state index is 13.4. The molecule has 33 heavy (non-hydrogen) atoms. The molecule has 0 radical (unpaired) electrons. The quantitative estimate of drug-likeness (QED) is 0.343. The molecule has 164 valence electrons. The molecule has 0 aliphatic rings. The lowest BCUT2D eigenvalue weighted by atomic mass is 9.94. The van der Waals surface area contributed by atoms with E-state index < -0.39 is 12.3 Å². The molecule has 0 aliphatic heterocycles. The van der Waals surface area contributed by atoms with E-state index in [1.165, 1.54) is 6.08 Å². The van der Waals surface area contributed by atoms with Crippen LogP contribution < -0.4 is 10.1 Å². The van der Waals surface area contributed by atoms with Crippen molar-refractivity contribution in [2.45, 2.75) is 6.40 Å². The van der Waals surface area contributed by atoms with E-state index in [1.54, 1.807) is 55.6 Å². The number of amides is 1. The van der Waals surface area contributed by atoms with Crippen LogP contribution in [0.4, 0.5) is 5.69 Å². The van der Waals surface area contributed by atoms with Crippen LogP contribution in [0.1, 0.15) is 24.2 Å². The highest BCUT2D eigenvalue weighted by molar-refractivity contribution is 6.11. The summed E-state index contributed by atoms with van der Waals surface area (Å²) >= 11 is 0. The molecule has 1 atom stereocenters. The zero-order valence-corrected chi connectivity index (χ0v) is 18.2. The van der Waals surface area contributed by atoms with Gasteiger partial charge in [0.2, 0.25) is 0 Å². The molecule has 4 nitrogen and oxygen atoms in total. The minimum atomic E-state index is -1.04. The lowest BCUT2D eigenvalue weighted by Gasteiger charge is -2.15. The Morgan fingerprint density at radius 2 is 1.64 bits per heavy atom. The van der Waals surface area contributed by atoms with Crippen LogP contribution in [-0.4, -0.2) is 18.1 Å². The molecule has 0 spiro atoms. The first-order valence-corrected chi connectivity index (χ1v) is 10.5. The number of carbonyl (C=O) groups excluding carboxylic acids is 1. The van der Waals surface area contributed by atoms with Crippen LogP contribution in [-0.2, 0) is 6.40 Å². The van der Waals surface area contributed by atoms with Gasteiger partial charge in [0.15, 0.2) is 0 Å². The van der Waals surface area contributed by atoms with E-state index >= 15 is 0 Å². The summed E-state index contributed by atoms with van der Waals surface area (Å²) in [6.07, 6.45) is 0.401. The Morgan fingerprint density at radius 1 is 0.970 bits per heavy atom. The van der Waals surface area contributed by atoms with Crippen LogP contribution in [0.25, 0.3) is 17.2 Å². The van der Waals surface area contributed by atoms with Crippen molar-refractivity contribution in [1.29, 1.82) is 0 Å². The lowest BCUT2D eigenvalue weighted by molar-refractivity contribution is 0.102. The summed E-state index contributed by atoms with van der Waals surface area (Å²) in [7, 11) is 1.56. The lowest BCUT2D eigenvalue weighted by Crippen LogP contribution is -2.14. The minimum Gasteiger partial charge on any atom is -0.507 e. The van der Waals surface area contributed by atoms with Crippen molar-refractivity contribution in [2.75, 3.05) is 12.4 Å². The molecule has 0 aliphatic carbocycles. The third kappa shape index (κ3) is 5.31. The fraction of sp³-hybridized carbons (Fsp3) is 0.0690. The zero-order valence-electron chi connectivity index (χ0n) is 20.2. The normalized spacial score (nSPS) is 12.9. The first kappa shape index (κ1) is 19.4. The summed E-state index contributed by atoms with van der Waals surface area (Å²) in [6.45, 7) is 0. The van der Waals surface area contributed by atoms with Gasteiger partial charge in [-0.25, -0.2) is 0 Å². The molecule has 4 heteroatoms. The molecule has 2 N–H and O–H groups in total. The van der Waals surface area contributed by atoms with Crippen LogP contribution in [0.5, 0.6) is 11.5 Å². The number of nitrogens with one attached hydrogen (secondary N) is 1. The van der Waals surface area contributed by atoms with Gasteiger partial charge in [0.1, 0.15) is 11.5 Å². The van der Waals surface area contributed by atoms with Gasteiger partial charge in [-0.05, 0) is 52.9 Å². The second-order valence-corrected chi connectivity index (χ2v) is 7.32. The van der Waals surface area contributed by atoms with E-state index in [4.69, 9.17) is 7.48 Å². The first-order chi connectivity index (χ1) is 17.0. The molecule has 1 amide bonds. The molecule has 0 bridgehead atoms. The van der Waals surface area contributed by atoms with Crippen molar-refractivity contribution >= 4 is 17.6 Å². The Kier molecular flexibility index (Phi) is 6.07. The topological polar surface area (TPSA) is 58.6 Å². The van der Waals surface area contributed by atoms with Gasteiger partial charge in [0, 0.05) is 7.06 Å². The van der Waals surface area contributed by atoms with Crippen LogP contribution in [0.3, 0.4) is 0 Å². The molecular weight excluding hydrogens is 410 g/mol. The van der Waals surface area contributed by atoms with Gasteiger partial charge < -0.3 is 15.2 Å². The molecule has 1 unspecified atom stereocenters. The Balaban J connectivity index is 1.74. The molecule has 4 aromatic carbocycles. The van der Waals surface area contributed by atoms with E-state index in [2.05, 4.69) is 5.32 Å². The third-order valence-corrected chi connectivity index (χ3v) is 5.16. The summed E-state index contributed by atoms with van der Waals surface area (Å²) in [5, 5.41) is 14.0. The van der Waals surface area contributed by atoms with Gasteiger partial charge in [-0.1, -0.05) is 84.9 Å². The summed E-state index contributed by atoms with van der Waals surface area (Å²) in [4.78, 5) is 13.4. The van der Waals surface area contributed by atoms with Crippen LogP contribution in [0.15, 0.2) is 103 Å². The first-order valence-electron chi connectivity index (χ1n) is 11.6. The predicted octanol–water partition coefficient (Wildman–Crippen LogP) is 6.58. The molecule has 0 aromatic heterocycles. The third-order valence-electron chi connectivity index (χ3n) is 5.16. The van der Waals surface area contributed by atoms with E-state index in [0.29, 0.717) is 22.6 Å². The summed E-state index contributed by atoms with van der Waals surface area (Å²) < 4.78 is 22.1.